The average Bonchev–Trinajstić information content (AvgIpc) is 2.58. The summed E-state index contributed by atoms with van der Waals surface area (Å²) in [6.07, 6.45) is 0.482. The molecule has 6 heteroatoms. The molecule has 1 aromatic heterocycles. The quantitative estimate of drug-likeness (QED) is 0.794. The lowest BCUT2D eigenvalue weighted by Crippen LogP contribution is -1.95. The lowest BCUT2D eigenvalue weighted by atomic mass is 10.1. The number of hydrogen-bond acceptors (Lipinski definition) is 3. The van der Waals surface area contributed by atoms with Gasteiger partial charge in [-0.15, -0.1) is 5.10 Å². The fraction of sp³-hybridized carbons (Fsp3) is 0.100. The Morgan fingerprint density at radius 1 is 1.50 bits per heavy atom. The fourth-order valence-electron chi connectivity index (χ4n) is 1.41. The van der Waals surface area contributed by atoms with E-state index in [1.807, 2.05) is 0 Å². The van der Waals surface area contributed by atoms with E-state index in [1.165, 1.54) is 16.8 Å². The van der Waals surface area contributed by atoms with Gasteiger partial charge in [-0.05, 0) is 28.1 Å². The maximum absolute atomic E-state index is 13.4. The number of benzene rings is 1. The van der Waals surface area contributed by atoms with Gasteiger partial charge in [0.25, 0.3) is 0 Å². The molecule has 0 amide bonds. The zero-order valence-corrected chi connectivity index (χ0v) is 9.90. The van der Waals surface area contributed by atoms with E-state index in [0.717, 1.165) is 0 Å². The molecule has 1 heterocycles. The number of nitrogens with zero attached hydrogens (tertiary/aromatic N) is 3. The standard InChI is InChI=1S/C10H7BrFN3O/c1-15-9(10(11)13-14-15)6-2-3-7(5-16)8(12)4-6/h2-5H,1H3. The molecule has 0 saturated carbocycles. The Kier molecular flexibility index (Phi) is 2.82. The molecule has 0 aliphatic heterocycles. The minimum atomic E-state index is -0.555. The van der Waals surface area contributed by atoms with Crippen molar-refractivity contribution in [1.29, 1.82) is 0 Å². The molecular weight excluding hydrogens is 277 g/mol. The first-order valence-electron chi connectivity index (χ1n) is 4.43. The van der Waals surface area contributed by atoms with Crippen molar-refractivity contribution < 1.29 is 9.18 Å². The number of hydrogen-bond donors (Lipinski definition) is 0. The van der Waals surface area contributed by atoms with Crippen LogP contribution in [0.5, 0.6) is 0 Å². The second kappa shape index (κ2) is 4.13. The average molecular weight is 284 g/mol. The van der Waals surface area contributed by atoms with E-state index < -0.39 is 5.82 Å². The number of carbonyl (C=O) groups is 1. The molecule has 2 rings (SSSR count). The number of aryl methyl sites for hydroxylation is 1. The van der Waals surface area contributed by atoms with E-state index in [-0.39, 0.29) is 5.56 Å². The van der Waals surface area contributed by atoms with Crippen molar-refractivity contribution in [1.82, 2.24) is 15.0 Å². The summed E-state index contributed by atoms with van der Waals surface area (Å²) < 4.78 is 15.5. The Morgan fingerprint density at radius 2 is 2.25 bits per heavy atom. The third-order valence-corrected chi connectivity index (χ3v) is 2.72. The summed E-state index contributed by atoms with van der Waals surface area (Å²) in [5.41, 5.74) is 1.31. The van der Waals surface area contributed by atoms with Gasteiger partial charge in [-0.3, -0.25) is 4.79 Å². The maximum atomic E-state index is 13.4. The van der Waals surface area contributed by atoms with Gasteiger partial charge in [0.15, 0.2) is 10.9 Å². The van der Waals surface area contributed by atoms with Crippen molar-refractivity contribution in [2.75, 3.05) is 0 Å². The molecule has 0 aliphatic carbocycles. The Morgan fingerprint density at radius 3 is 2.75 bits per heavy atom. The molecule has 2 aromatic rings. The molecular formula is C10H7BrFN3O. The molecule has 16 heavy (non-hydrogen) atoms. The van der Waals surface area contributed by atoms with E-state index in [9.17, 15) is 9.18 Å². The lowest BCUT2D eigenvalue weighted by molar-refractivity contribution is 0.112. The molecule has 82 valence electrons. The summed E-state index contributed by atoms with van der Waals surface area (Å²) >= 11 is 3.23. The van der Waals surface area contributed by atoms with Gasteiger partial charge in [-0.25, -0.2) is 9.07 Å². The Hall–Kier alpha value is -1.56. The van der Waals surface area contributed by atoms with E-state index in [1.54, 1.807) is 13.1 Å². The minimum absolute atomic E-state index is 0.0370. The summed E-state index contributed by atoms with van der Waals surface area (Å²) in [4.78, 5) is 10.5. The SMILES string of the molecule is Cn1nnc(Br)c1-c1ccc(C=O)c(F)c1. The van der Waals surface area contributed by atoms with Crippen molar-refractivity contribution >= 4 is 22.2 Å². The van der Waals surface area contributed by atoms with Crippen LogP contribution in [0.1, 0.15) is 10.4 Å². The Labute approximate surface area is 99.2 Å². The summed E-state index contributed by atoms with van der Waals surface area (Å²) in [5, 5.41) is 7.60. The van der Waals surface area contributed by atoms with Gasteiger partial charge in [0, 0.05) is 12.6 Å². The third kappa shape index (κ3) is 1.76. The van der Waals surface area contributed by atoms with Gasteiger partial charge in [-0.1, -0.05) is 11.3 Å². The van der Waals surface area contributed by atoms with E-state index in [0.29, 0.717) is 22.1 Å². The van der Waals surface area contributed by atoms with Crippen molar-refractivity contribution in [2.45, 2.75) is 0 Å². The summed E-state index contributed by atoms with van der Waals surface area (Å²) in [6, 6.07) is 4.36. The first-order chi connectivity index (χ1) is 7.63. The molecule has 0 aliphatic rings. The lowest BCUT2D eigenvalue weighted by Gasteiger charge is -2.03. The normalized spacial score (nSPS) is 10.4. The number of aldehydes is 1. The van der Waals surface area contributed by atoms with Crippen LogP contribution >= 0.6 is 15.9 Å². The highest BCUT2D eigenvalue weighted by Crippen LogP contribution is 2.26. The Balaban J connectivity index is 2.57. The van der Waals surface area contributed by atoms with Gasteiger partial charge in [0.05, 0.1) is 5.56 Å². The zero-order chi connectivity index (χ0) is 11.7. The number of carbonyl (C=O) groups excluding carboxylic acids is 1. The molecule has 0 N–H and O–H groups in total. The van der Waals surface area contributed by atoms with Gasteiger partial charge >= 0.3 is 0 Å². The van der Waals surface area contributed by atoms with Crippen LogP contribution in [0.2, 0.25) is 0 Å². The molecule has 0 fully saturated rings. The number of aromatic nitrogens is 3. The van der Waals surface area contributed by atoms with Crippen molar-refractivity contribution in [2.24, 2.45) is 7.05 Å². The van der Waals surface area contributed by atoms with Crippen molar-refractivity contribution in [3.8, 4) is 11.3 Å². The molecule has 0 atom stereocenters. The zero-order valence-electron chi connectivity index (χ0n) is 8.32. The third-order valence-electron chi connectivity index (χ3n) is 2.19. The van der Waals surface area contributed by atoms with E-state index in [2.05, 4.69) is 26.2 Å². The number of halogens is 2. The van der Waals surface area contributed by atoms with Crippen LogP contribution in [0.15, 0.2) is 22.8 Å². The number of rotatable bonds is 2. The van der Waals surface area contributed by atoms with Crippen LogP contribution in [0.3, 0.4) is 0 Å². The van der Waals surface area contributed by atoms with E-state index in [4.69, 9.17) is 0 Å². The van der Waals surface area contributed by atoms with Gasteiger partial charge in [0.2, 0.25) is 0 Å². The Bertz CT molecular complexity index is 533. The largest absolute Gasteiger partial charge is 0.298 e. The topological polar surface area (TPSA) is 47.8 Å². The first kappa shape index (κ1) is 10.9. The van der Waals surface area contributed by atoms with Crippen LogP contribution in [-0.2, 0) is 7.05 Å². The van der Waals surface area contributed by atoms with Gasteiger partial charge in [0.1, 0.15) is 11.5 Å². The summed E-state index contributed by atoms with van der Waals surface area (Å²) in [6.45, 7) is 0. The molecule has 0 spiro atoms. The second-order valence-corrected chi connectivity index (χ2v) is 3.96. The predicted octanol–water partition coefficient (Wildman–Crippen LogP) is 2.20. The maximum Gasteiger partial charge on any atom is 0.156 e. The van der Waals surface area contributed by atoms with Crippen LogP contribution in [0.4, 0.5) is 4.39 Å². The highest BCUT2D eigenvalue weighted by molar-refractivity contribution is 9.10. The van der Waals surface area contributed by atoms with Crippen LogP contribution < -0.4 is 0 Å². The van der Waals surface area contributed by atoms with Crippen molar-refractivity contribution in [3.05, 3.63) is 34.2 Å². The molecule has 1 aromatic carbocycles. The molecule has 0 saturated heterocycles. The fourth-order valence-corrected chi connectivity index (χ4v) is 1.96. The highest BCUT2D eigenvalue weighted by atomic mass is 79.9. The van der Waals surface area contributed by atoms with Crippen LogP contribution in [-0.4, -0.2) is 21.3 Å². The minimum Gasteiger partial charge on any atom is -0.298 e. The second-order valence-electron chi connectivity index (χ2n) is 3.21. The molecule has 0 bridgehead atoms. The van der Waals surface area contributed by atoms with E-state index >= 15 is 0 Å². The monoisotopic (exact) mass is 283 g/mol. The highest BCUT2D eigenvalue weighted by Gasteiger charge is 2.12. The summed E-state index contributed by atoms with van der Waals surface area (Å²) in [7, 11) is 1.71. The molecule has 0 unspecified atom stereocenters. The predicted molar refractivity (Wildman–Crippen MR) is 59.5 cm³/mol. The van der Waals surface area contributed by atoms with Gasteiger partial charge in [-0.2, -0.15) is 0 Å². The first-order valence-corrected chi connectivity index (χ1v) is 5.23. The van der Waals surface area contributed by atoms with Crippen LogP contribution in [0.25, 0.3) is 11.3 Å². The summed E-state index contributed by atoms with van der Waals surface area (Å²) in [5.74, 6) is -0.555. The molecule has 0 radical (unpaired) electrons. The van der Waals surface area contributed by atoms with Crippen LogP contribution in [0, 0.1) is 5.82 Å². The molecule has 4 nitrogen and oxygen atoms in total. The smallest absolute Gasteiger partial charge is 0.156 e. The van der Waals surface area contributed by atoms with Gasteiger partial charge < -0.3 is 0 Å². The van der Waals surface area contributed by atoms with Crippen molar-refractivity contribution in [3.63, 3.8) is 0 Å².